The first-order valence-corrected chi connectivity index (χ1v) is 10.2. The highest BCUT2D eigenvalue weighted by atomic mass is 32.2. The number of thiazole rings is 1. The van der Waals surface area contributed by atoms with Crippen molar-refractivity contribution < 1.29 is 22.9 Å². The average Bonchev–Trinajstić information content (AvgIpc) is 3.32. The van der Waals surface area contributed by atoms with Gasteiger partial charge in [0, 0.05) is 24.2 Å². The van der Waals surface area contributed by atoms with Gasteiger partial charge < -0.3 is 10.1 Å². The number of nitrogens with one attached hydrogen (secondary N) is 1. The summed E-state index contributed by atoms with van der Waals surface area (Å²) >= 11 is 1.23. The van der Waals surface area contributed by atoms with Crippen LogP contribution in [-0.4, -0.2) is 48.2 Å². The van der Waals surface area contributed by atoms with E-state index in [9.17, 15) is 23.3 Å². The molecule has 0 unspecified atom stereocenters. The molecule has 1 fully saturated rings. The number of benzene rings is 1. The number of sulfonamides is 1. The zero-order valence-electron chi connectivity index (χ0n) is 14.2. The molecule has 0 radical (unpaired) electrons. The van der Waals surface area contributed by atoms with Gasteiger partial charge in [-0.15, -0.1) is 11.3 Å². The third-order valence-corrected chi connectivity index (χ3v) is 6.75. The van der Waals surface area contributed by atoms with Crippen LogP contribution in [0.4, 0.5) is 10.8 Å². The Kier molecular flexibility index (Phi) is 5.39. The Morgan fingerprint density at radius 2 is 2.26 bits per heavy atom. The Balaban J connectivity index is 1.91. The van der Waals surface area contributed by atoms with Gasteiger partial charge in [-0.05, 0) is 18.9 Å². The average molecular weight is 412 g/mol. The molecular weight excluding hydrogens is 396 g/mol. The molecule has 1 aromatic heterocycles. The summed E-state index contributed by atoms with van der Waals surface area (Å²) in [4.78, 5) is 26.5. The second-order valence-electron chi connectivity index (χ2n) is 5.69. The van der Waals surface area contributed by atoms with Crippen LogP contribution in [0, 0.1) is 10.1 Å². The molecule has 2 heterocycles. The van der Waals surface area contributed by atoms with Gasteiger partial charge in [-0.3, -0.25) is 14.9 Å². The number of nitrogens with zero attached hydrogens (tertiary/aromatic N) is 3. The van der Waals surface area contributed by atoms with E-state index in [1.165, 1.54) is 24.6 Å². The lowest BCUT2D eigenvalue weighted by Gasteiger charge is -2.23. The number of rotatable bonds is 6. The molecule has 1 aromatic carbocycles. The number of carbonyl (C=O) groups is 1. The fourth-order valence-electron chi connectivity index (χ4n) is 2.87. The first-order chi connectivity index (χ1) is 12.8. The van der Waals surface area contributed by atoms with Crippen LogP contribution in [0.1, 0.15) is 12.8 Å². The largest absolute Gasteiger partial charge is 0.495 e. The number of amides is 1. The Morgan fingerprint density at radius 3 is 2.89 bits per heavy atom. The van der Waals surface area contributed by atoms with Crippen molar-refractivity contribution in [3.8, 4) is 5.75 Å². The van der Waals surface area contributed by atoms with Gasteiger partial charge in [-0.1, -0.05) is 0 Å². The highest BCUT2D eigenvalue weighted by Crippen LogP contribution is 2.34. The molecule has 1 saturated heterocycles. The normalized spacial score (nSPS) is 17.6. The van der Waals surface area contributed by atoms with E-state index in [0.29, 0.717) is 18.0 Å². The van der Waals surface area contributed by atoms with E-state index >= 15 is 0 Å². The first-order valence-electron chi connectivity index (χ1n) is 7.89. The third-order valence-electron chi connectivity index (χ3n) is 4.11. The molecule has 1 N–H and O–H groups in total. The van der Waals surface area contributed by atoms with Crippen LogP contribution in [0.25, 0.3) is 0 Å². The van der Waals surface area contributed by atoms with Gasteiger partial charge in [0.2, 0.25) is 15.9 Å². The molecule has 1 aliphatic rings. The van der Waals surface area contributed by atoms with E-state index in [1.54, 1.807) is 5.38 Å². The lowest BCUT2D eigenvalue weighted by atomic mass is 10.2. The predicted molar refractivity (Wildman–Crippen MR) is 97.3 cm³/mol. The molecule has 0 saturated carbocycles. The number of methoxy groups -OCH3 is 1. The molecule has 3 rings (SSSR count). The van der Waals surface area contributed by atoms with E-state index < -0.39 is 26.9 Å². The van der Waals surface area contributed by atoms with Crippen LogP contribution in [0.3, 0.4) is 0 Å². The summed E-state index contributed by atoms with van der Waals surface area (Å²) in [7, 11) is -2.86. The summed E-state index contributed by atoms with van der Waals surface area (Å²) in [5.41, 5.74) is -0.287. The molecular formula is C15H16N4O6S2. The lowest BCUT2D eigenvalue weighted by Crippen LogP contribution is -2.43. The number of non-ortho nitro benzene ring substituents is 1. The number of aromatic nitrogens is 1. The second-order valence-corrected chi connectivity index (χ2v) is 8.45. The molecule has 1 atom stereocenters. The zero-order chi connectivity index (χ0) is 19.6. The van der Waals surface area contributed by atoms with Crippen LogP contribution < -0.4 is 10.1 Å². The summed E-state index contributed by atoms with van der Waals surface area (Å²) < 4.78 is 32.3. The maximum absolute atomic E-state index is 13.1. The van der Waals surface area contributed by atoms with Crippen LogP contribution in [0.15, 0.2) is 34.7 Å². The standard InChI is InChI=1S/C15H16N4O6S2/c1-25-12-9-10(19(21)22)4-5-13(12)27(23,24)18-7-2-3-11(18)14(20)17-15-16-6-8-26-15/h4-6,8-9,11H,2-3,7H2,1H3,(H,16,17,20)/t11-/m0/s1. The van der Waals surface area contributed by atoms with Gasteiger partial charge in [-0.2, -0.15) is 4.31 Å². The predicted octanol–water partition coefficient (Wildman–Crippen LogP) is 1.85. The molecule has 1 aliphatic heterocycles. The minimum Gasteiger partial charge on any atom is -0.495 e. The van der Waals surface area contributed by atoms with Crippen molar-refractivity contribution >= 4 is 38.1 Å². The number of hydrogen-bond acceptors (Lipinski definition) is 8. The van der Waals surface area contributed by atoms with E-state index in [4.69, 9.17) is 4.74 Å². The summed E-state index contributed by atoms with van der Waals surface area (Å²) in [6.07, 6.45) is 2.42. The fourth-order valence-corrected chi connectivity index (χ4v) is 5.20. The highest BCUT2D eigenvalue weighted by Gasteiger charge is 2.41. The van der Waals surface area contributed by atoms with Gasteiger partial charge >= 0.3 is 0 Å². The van der Waals surface area contributed by atoms with E-state index in [2.05, 4.69) is 10.3 Å². The summed E-state index contributed by atoms with van der Waals surface area (Å²) in [6.45, 7) is 0.165. The molecule has 144 valence electrons. The van der Waals surface area contributed by atoms with E-state index in [-0.39, 0.29) is 22.9 Å². The Morgan fingerprint density at radius 1 is 1.48 bits per heavy atom. The minimum atomic E-state index is -4.09. The first kappa shape index (κ1) is 19.2. The van der Waals surface area contributed by atoms with Crippen molar-refractivity contribution in [2.24, 2.45) is 0 Å². The van der Waals surface area contributed by atoms with Gasteiger partial charge in [0.05, 0.1) is 18.1 Å². The van der Waals surface area contributed by atoms with Gasteiger partial charge in [0.15, 0.2) is 5.13 Å². The van der Waals surface area contributed by atoms with Crippen LogP contribution in [-0.2, 0) is 14.8 Å². The fraction of sp³-hybridized carbons (Fsp3) is 0.333. The molecule has 27 heavy (non-hydrogen) atoms. The maximum Gasteiger partial charge on any atom is 0.273 e. The minimum absolute atomic E-state index is 0.143. The number of anilines is 1. The van der Waals surface area contributed by atoms with Crippen LogP contribution in [0.5, 0.6) is 5.75 Å². The van der Waals surface area contributed by atoms with Crippen LogP contribution in [0.2, 0.25) is 0 Å². The highest BCUT2D eigenvalue weighted by molar-refractivity contribution is 7.89. The van der Waals surface area contributed by atoms with E-state index in [1.807, 2.05) is 0 Å². The monoisotopic (exact) mass is 412 g/mol. The molecule has 1 amide bonds. The Hall–Kier alpha value is -2.57. The topological polar surface area (TPSA) is 132 Å². The number of nitro groups is 1. The van der Waals surface area contributed by atoms with E-state index in [0.717, 1.165) is 22.5 Å². The van der Waals surface area contributed by atoms with Crippen molar-refractivity contribution in [2.75, 3.05) is 19.0 Å². The molecule has 2 aromatic rings. The molecule has 12 heteroatoms. The lowest BCUT2D eigenvalue weighted by molar-refractivity contribution is -0.385. The van der Waals surface area contributed by atoms with Crippen molar-refractivity contribution in [2.45, 2.75) is 23.8 Å². The molecule has 10 nitrogen and oxygen atoms in total. The number of carbonyl (C=O) groups excluding carboxylic acids is 1. The van der Waals surface area contributed by atoms with Gasteiger partial charge in [0.25, 0.3) is 5.69 Å². The maximum atomic E-state index is 13.1. The number of ether oxygens (including phenoxy) is 1. The van der Waals surface area contributed by atoms with Gasteiger partial charge in [-0.25, -0.2) is 13.4 Å². The Bertz CT molecular complexity index is 961. The second kappa shape index (κ2) is 7.58. The molecule has 0 bridgehead atoms. The third kappa shape index (κ3) is 3.77. The Labute approximate surface area is 159 Å². The van der Waals surface area contributed by atoms with Crippen molar-refractivity contribution in [1.29, 1.82) is 0 Å². The summed E-state index contributed by atoms with van der Waals surface area (Å²) in [5, 5.41) is 15.6. The molecule has 0 spiro atoms. The SMILES string of the molecule is COc1cc([N+](=O)[O-])ccc1S(=O)(=O)N1CCC[C@H]1C(=O)Nc1nccs1. The van der Waals surface area contributed by atoms with Gasteiger partial charge in [0.1, 0.15) is 16.7 Å². The zero-order valence-corrected chi connectivity index (χ0v) is 15.8. The van der Waals surface area contributed by atoms with Crippen LogP contribution >= 0.6 is 11.3 Å². The summed E-state index contributed by atoms with van der Waals surface area (Å²) in [6, 6.07) is 2.38. The smallest absolute Gasteiger partial charge is 0.273 e. The number of hydrogen-bond donors (Lipinski definition) is 1. The quantitative estimate of drug-likeness (QED) is 0.565. The summed E-state index contributed by atoms with van der Waals surface area (Å²) in [5.74, 6) is -0.609. The number of nitro benzene ring substituents is 1. The van der Waals surface area contributed by atoms with Crippen molar-refractivity contribution in [3.63, 3.8) is 0 Å². The molecule has 0 aliphatic carbocycles. The van der Waals surface area contributed by atoms with Crippen molar-refractivity contribution in [3.05, 3.63) is 39.9 Å². The van der Waals surface area contributed by atoms with Crippen molar-refractivity contribution in [1.82, 2.24) is 9.29 Å².